The van der Waals surface area contributed by atoms with Crippen LogP contribution in [0.3, 0.4) is 0 Å². The van der Waals surface area contributed by atoms with E-state index < -0.39 is 11.7 Å². The number of nitrogens with one attached hydrogen (secondary N) is 1. The Hall–Kier alpha value is -1.07. The van der Waals surface area contributed by atoms with E-state index in [9.17, 15) is 13.2 Å². The number of hydrazine groups is 1. The number of nitrogens with two attached hydrogens (primary N) is 1. The van der Waals surface area contributed by atoms with E-state index in [0.717, 1.165) is 31.7 Å². The number of rotatable bonds is 4. The van der Waals surface area contributed by atoms with Crippen LogP contribution in [0.25, 0.3) is 0 Å². The van der Waals surface area contributed by atoms with Crippen molar-refractivity contribution in [3.8, 4) is 0 Å². The number of halogens is 3. The first-order chi connectivity index (χ1) is 9.95. The van der Waals surface area contributed by atoms with Crippen molar-refractivity contribution in [3.63, 3.8) is 0 Å². The molecule has 3 unspecified atom stereocenters. The van der Waals surface area contributed by atoms with Crippen LogP contribution in [0, 0.1) is 11.8 Å². The number of benzene rings is 1. The molecule has 3 N–H and O–H groups in total. The Morgan fingerprint density at radius 2 is 2.10 bits per heavy atom. The molecule has 0 bridgehead atoms. The topological polar surface area (TPSA) is 38.0 Å². The molecule has 0 heterocycles. The highest BCUT2D eigenvalue weighted by Gasteiger charge is 2.33. The zero-order valence-electron chi connectivity index (χ0n) is 12.3. The van der Waals surface area contributed by atoms with E-state index in [0.29, 0.717) is 17.4 Å². The first kappa shape index (κ1) is 16.3. The van der Waals surface area contributed by atoms with Crippen molar-refractivity contribution < 1.29 is 13.2 Å². The Balaban J connectivity index is 2.21. The minimum absolute atomic E-state index is 0.207. The summed E-state index contributed by atoms with van der Waals surface area (Å²) in [5.74, 6) is 6.61. The van der Waals surface area contributed by atoms with Gasteiger partial charge in [-0.1, -0.05) is 38.3 Å². The average Bonchev–Trinajstić information content (AvgIpc) is 2.48. The first-order valence-electron chi connectivity index (χ1n) is 7.59. The lowest BCUT2D eigenvalue weighted by Crippen LogP contribution is -2.36. The van der Waals surface area contributed by atoms with Crippen LogP contribution in [0.15, 0.2) is 24.3 Å². The van der Waals surface area contributed by atoms with Crippen molar-refractivity contribution >= 4 is 0 Å². The summed E-state index contributed by atoms with van der Waals surface area (Å²) >= 11 is 0. The molecule has 5 heteroatoms. The van der Waals surface area contributed by atoms with Crippen LogP contribution in [0.5, 0.6) is 0 Å². The van der Waals surface area contributed by atoms with Gasteiger partial charge in [-0.05, 0) is 42.4 Å². The maximum Gasteiger partial charge on any atom is 0.416 e. The van der Waals surface area contributed by atoms with Crippen LogP contribution in [0.1, 0.15) is 56.2 Å². The molecule has 3 atom stereocenters. The standard InChI is InChI=1S/C16H23F3N2/c1-2-11-5-3-6-12(9-11)15(21-20)13-7-4-8-14(10-13)16(17,18)19/h4,7-8,10-12,15,21H,2-3,5-6,9,20H2,1H3. The molecule has 1 aliphatic carbocycles. The van der Waals surface area contributed by atoms with Crippen molar-refractivity contribution in [2.75, 3.05) is 0 Å². The monoisotopic (exact) mass is 300 g/mol. The van der Waals surface area contributed by atoms with Crippen LogP contribution in [0.2, 0.25) is 0 Å². The molecule has 1 saturated carbocycles. The maximum atomic E-state index is 12.8. The molecule has 118 valence electrons. The van der Waals surface area contributed by atoms with Crippen molar-refractivity contribution in [3.05, 3.63) is 35.4 Å². The quantitative estimate of drug-likeness (QED) is 0.638. The lowest BCUT2D eigenvalue weighted by atomic mass is 9.75. The third-order valence-corrected chi connectivity index (χ3v) is 4.62. The van der Waals surface area contributed by atoms with Crippen molar-refractivity contribution in [1.82, 2.24) is 5.43 Å². The van der Waals surface area contributed by atoms with Crippen molar-refractivity contribution in [1.29, 1.82) is 0 Å². The summed E-state index contributed by atoms with van der Waals surface area (Å²) < 4.78 is 38.5. The van der Waals surface area contributed by atoms with Gasteiger partial charge in [-0.25, -0.2) is 0 Å². The molecule has 1 aromatic rings. The molecule has 0 radical (unpaired) electrons. The molecule has 0 amide bonds. The summed E-state index contributed by atoms with van der Waals surface area (Å²) in [6, 6.07) is 5.31. The summed E-state index contributed by atoms with van der Waals surface area (Å²) in [5.41, 5.74) is 2.77. The van der Waals surface area contributed by atoms with Gasteiger partial charge in [0.05, 0.1) is 5.56 Å². The van der Waals surface area contributed by atoms with E-state index in [2.05, 4.69) is 12.3 Å². The Labute approximate surface area is 123 Å². The van der Waals surface area contributed by atoms with Crippen molar-refractivity contribution in [2.45, 2.75) is 51.2 Å². The molecule has 0 saturated heterocycles. The third-order valence-electron chi connectivity index (χ3n) is 4.62. The van der Waals surface area contributed by atoms with Crippen LogP contribution >= 0.6 is 0 Å². The van der Waals surface area contributed by atoms with Gasteiger partial charge < -0.3 is 0 Å². The van der Waals surface area contributed by atoms with E-state index in [1.54, 1.807) is 6.07 Å². The highest BCUT2D eigenvalue weighted by molar-refractivity contribution is 5.28. The second-order valence-corrected chi connectivity index (χ2v) is 5.97. The average molecular weight is 300 g/mol. The molecule has 1 fully saturated rings. The van der Waals surface area contributed by atoms with E-state index in [1.807, 2.05) is 0 Å². The third kappa shape index (κ3) is 3.98. The van der Waals surface area contributed by atoms with Crippen molar-refractivity contribution in [2.24, 2.45) is 17.7 Å². The van der Waals surface area contributed by atoms with Gasteiger partial charge in [0.25, 0.3) is 0 Å². The van der Waals surface area contributed by atoms with Gasteiger partial charge in [-0.3, -0.25) is 11.3 Å². The predicted octanol–water partition coefficient (Wildman–Crippen LogP) is 4.43. The van der Waals surface area contributed by atoms with Gasteiger partial charge >= 0.3 is 6.18 Å². The molecule has 0 aromatic heterocycles. The summed E-state index contributed by atoms with van der Waals surface area (Å²) in [6.07, 6.45) is 1.19. The van der Waals surface area contributed by atoms with Crippen LogP contribution in [-0.2, 0) is 6.18 Å². The fraction of sp³-hybridized carbons (Fsp3) is 0.625. The van der Waals surface area contributed by atoms with Gasteiger partial charge in [-0.2, -0.15) is 13.2 Å². The summed E-state index contributed by atoms with van der Waals surface area (Å²) in [7, 11) is 0. The summed E-state index contributed by atoms with van der Waals surface area (Å²) in [4.78, 5) is 0. The lowest BCUT2D eigenvalue weighted by Gasteiger charge is -2.34. The van der Waals surface area contributed by atoms with Gasteiger partial charge in [0.1, 0.15) is 0 Å². The molecule has 21 heavy (non-hydrogen) atoms. The van der Waals surface area contributed by atoms with Crippen LogP contribution < -0.4 is 11.3 Å². The zero-order chi connectivity index (χ0) is 15.5. The fourth-order valence-corrected chi connectivity index (χ4v) is 3.42. The smallest absolute Gasteiger partial charge is 0.271 e. The molecule has 1 aromatic carbocycles. The lowest BCUT2D eigenvalue weighted by molar-refractivity contribution is -0.137. The molecular formula is C16H23F3N2. The Morgan fingerprint density at radius 3 is 2.71 bits per heavy atom. The van der Waals surface area contributed by atoms with E-state index >= 15 is 0 Å². The maximum absolute atomic E-state index is 12.8. The Kier molecular flexibility index (Phi) is 5.27. The van der Waals surface area contributed by atoms with Crippen LogP contribution in [-0.4, -0.2) is 0 Å². The Morgan fingerprint density at radius 1 is 1.33 bits per heavy atom. The predicted molar refractivity (Wildman–Crippen MR) is 77.2 cm³/mol. The number of hydrogen-bond acceptors (Lipinski definition) is 2. The minimum atomic E-state index is -4.31. The second-order valence-electron chi connectivity index (χ2n) is 5.97. The van der Waals surface area contributed by atoms with Gasteiger partial charge in [-0.15, -0.1) is 0 Å². The van der Waals surface area contributed by atoms with Gasteiger partial charge in [0.15, 0.2) is 0 Å². The minimum Gasteiger partial charge on any atom is -0.271 e. The van der Waals surface area contributed by atoms with Gasteiger partial charge in [0.2, 0.25) is 0 Å². The van der Waals surface area contributed by atoms with E-state index in [4.69, 9.17) is 5.84 Å². The van der Waals surface area contributed by atoms with E-state index in [1.165, 1.54) is 18.6 Å². The second kappa shape index (κ2) is 6.79. The molecule has 0 aliphatic heterocycles. The number of alkyl halides is 3. The summed E-state index contributed by atoms with van der Waals surface area (Å²) in [6.45, 7) is 2.17. The zero-order valence-corrected chi connectivity index (χ0v) is 12.3. The first-order valence-corrected chi connectivity index (χ1v) is 7.59. The fourth-order valence-electron chi connectivity index (χ4n) is 3.42. The summed E-state index contributed by atoms with van der Waals surface area (Å²) in [5, 5.41) is 0. The van der Waals surface area contributed by atoms with Crippen LogP contribution in [0.4, 0.5) is 13.2 Å². The highest BCUT2D eigenvalue weighted by atomic mass is 19.4. The van der Waals surface area contributed by atoms with Gasteiger partial charge in [0, 0.05) is 6.04 Å². The largest absolute Gasteiger partial charge is 0.416 e. The molecule has 2 nitrogen and oxygen atoms in total. The van der Waals surface area contributed by atoms with E-state index in [-0.39, 0.29) is 6.04 Å². The Bertz CT molecular complexity index is 459. The highest BCUT2D eigenvalue weighted by Crippen LogP contribution is 2.39. The normalized spacial score (nSPS) is 24.8. The molecule has 1 aliphatic rings. The SMILES string of the molecule is CCC1CCCC(C(NN)c2cccc(C(F)(F)F)c2)C1. The molecular weight excluding hydrogens is 277 g/mol. The number of hydrogen-bond donors (Lipinski definition) is 2. The molecule has 2 rings (SSSR count). The molecule has 0 spiro atoms.